The number of nitrogens with zero attached hydrogens (tertiary/aromatic N) is 4. The van der Waals surface area contributed by atoms with Crippen LogP contribution in [0.5, 0.6) is 23.0 Å². The largest absolute Gasteiger partial charge is 0.451 e. The van der Waals surface area contributed by atoms with E-state index < -0.39 is 0 Å². The van der Waals surface area contributed by atoms with E-state index in [9.17, 15) is 0 Å². The van der Waals surface area contributed by atoms with E-state index in [0.717, 1.165) is 27.9 Å². The van der Waals surface area contributed by atoms with Crippen molar-refractivity contribution in [2.75, 3.05) is 33.4 Å². The van der Waals surface area contributed by atoms with Gasteiger partial charge in [0.05, 0.1) is 18.1 Å². The number of benzene rings is 2. The van der Waals surface area contributed by atoms with Gasteiger partial charge in [0.2, 0.25) is 11.9 Å². The number of anilines is 6. The lowest BCUT2D eigenvalue weighted by molar-refractivity contribution is 0.471. The fourth-order valence-electron chi connectivity index (χ4n) is 3.83. The Bertz CT molecular complexity index is 1640. The predicted octanol–water partition coefficient (Wildman–Crippen LogP) is 9.37. The summed E-state index contributed by atoms with van der Waals surface area (Å²) in [6.07, 6.45) is 2.92. The molecule has 0 saturated carbocycles. The Hall–Kier alpha value is -3.98. The molecular formula is C33H50Cl2N10O2S2. The van der Waals surface area contributed by atoms with Gasteiger partial charge < -0.3 is 42.9 Å². The van der Waals surface area contributed by atoms with Crippen molar-refractivity contribution in [3.63, 3.8) is 0 Å². The minimum atomic E-state index is -0.0556. The third-order valence-corrected chi connectivity index (χ3v) is 6.40. The van der Waals surface area contributed by atoms with Gasteiger partial charge in [0, 0.05) is 17.8 Å². The van der Waals surface area contributed by atoms with E-state index >= 15 is 0 Å². The first-order valence-corrected chi connectivity index (χ1v) is 17.1. The molecule has 2 aromatic carbocycles. The van der Waals surface area contributed by atoms with Crippen molar-refractivity contribution in [3.05, 3.63) is 58.9 Å². The molecule has 0 bridgehead atoms. The average molecular weight is 754 g/mol. The van der Waals surface area contributed by atoms with Crippen molar-refractivity contribution < 1.29 is 9.47 Å². The lowest BCUT2D eigenvalue weighted by Crippen LogP contribution is -2.03. The Kier molecular flexibility index (Phi) is 20.8. The van der Waals surface area contributed by atoms with E-state index in [-0.39, 0.29) is 27.3 Å². The van der Waals surface area contributed by atoms with Crippen LogP contribution in [0.3, 0.4) is 0 Å². The molecule has 270 valence electrons. The molecule has 0 unspecified atom stereocenters. The fraction of sp³-hybridized carbons (Fsp3) is 0.364. The number of nitrogen functional groups attached to an aromatic ring is 5. The van der Waals surface area contributed by atoms with Crippen LogP contribution in [0.15, 0.2) is 36.7 Å². The maximum Gasteiger partial charge on any atom is 0.222 e. The summed E-state index contributed by atoms with van der Waals surface area (Å²) in [6.45, 7) is 20.3. The van der Waals surface area contributed by atoms with Crippen LogP contribution in [-0.4, -0.2) is 23.7 Å². The highest BCUT2D eigenvalue weighted by Crippen LogP contribution is 2.37. The first-order valence-electron chi connectivity index (χ1n) is 15.4. The van der Waals surface area contributed by atoms with Crippen LogP contribution in [0.1, 0.15) is 89.5 Å². The first-order chi connectivity index (χ1) is 23.0. The van der Waals surface area contributed by atoms with Crippen molar-refractivity contribution in [2.24, 2.45) is 0 Å². The number of halogens is 2. The van der Waals surface area contributed by atoms with E-state index in [1.54, 1.807) is 6.07 Å². The molecule has 0 aliphatic carbocycles. The second kappa shape index (κ2) is 22.6. The number of nitrogens with two attached hydrogens (primary N) is 5. The summed E-state index contributed by atoms with van der Waals surface area (Å²) in [4.78, 5) is 15.5. The highest BCUT2D eigenvalue weighted by Gasteiger charge is 2.15. The lowest BCUT2D eigenvalue weighted by atomic mass is 9.99. The van der Waals surface area contributed by atoms with Crippen molar-refractivity contribution in [1.82, 2.24) is 19.9 Å². The SMILES string of the molecule is CC.CC.Cc1cc(C(C)C)c(Oc2cnc(N)nc2N)cc1N.Cc1cc(C(C)C)c(Oc2cnc(N)nc2N)cc1NS.S=C(Cl)Cl. The molecular weight excluding hydrogens is 703 g/mol. The highest BCUT2D eigenvalue weighted by atomic mass is 35.5. The summed E-state index contributed by atoms with van der Waals surface area (Å²) in [5, 5.41) is 0. The van der Waals surface area contributed by atoms with Gasteiger partial charge in [-0.05, 0) is 47.9 Å². The van der Waals surface area contributed by atoms with Crippen LogP contribution in [0.25, 0.3) is 0 Å². The molecule has 0 aliphatic rings. The first kappa shape index (κ1) is 45.0. The molecule has 4 rings (SSSR count). The number of rotatable bonds is 7. The van der Waals surface area contributed by atoms with E-state index in [0.29, 0.717) is 40.5 Å². The van der Waals surface area contributed by atoms with Crippen LogP contribution >= 0.6 is 48.2 Å². The van der Waals surface area contributed by atoms with E-state index in [1.807, 2.05) is 53.7 Å². The second-order valence-electron chi connectivity index (χ2n) is 10.3. The fourth-order valence-corrected chi connectivity index (χ4v) is 4.07. The number of aryl methyl sites for hydroxylation is 2. The molecule has 0 fully saturated rings. The summed E-state index contributed by atoms with van der Waals surface area (Å²) >= 11 is 17.7. The topological polar surface area (TPSA) is 212 Å². The maximum absolute atomic E-state index is 5.94. The van der Waals surface area contributed by atoms with Gasteiger partial charge in [0.1, 0.15) is 11.5 Å². The lowest BCUT2D eigenvalue weighted by Gasteiger charge is -2.17. The number of hydrogen-bond acceptors (Lipinski definition) is 14. The molecule has 0 amide bonds. The number of nitrogens with one attached hydrogen (secondary N) is 1. The van der Waals surface area contributed by atoms with Crippen LogP contribution < -0.4 is 42.9 Å². The van der Waals surface area contributed by atoms with Crippen LogP contribution in [0, 0.1) is 13.8 Å². The van der Waals surface area contributed by atoms with Gasteiger partial charge in [-0.15, -0.1) is 0 Å². The van der Waals surface area contributed by atoms with Gasteiger partial charge in [-0.25, -0.2) is 9.97 Å². The normalized spacial score (nSPS) is 9.78. The van der Waals surface area contributed by atoms with Crippen molar-refractivity contribution in [3.8, 4) is 23.0 Å². The zero-order valence-corrected chi connectivity index (χ0v) is 32.9. The van der Waals surface area contributed by atoms with Gasteiger partial charge in [0.15, 0.2) is 26.9 Å². The van der Waals surface area contributed by atoms with Crippen LogP contribution in [-0.2, 0) is 0 Å². The van der Waals surface area contributed by atoms with Crippen LogP contribution in [0.4, 0.5) is 34.9 Å². The summed E-state index contributed by atoms with van der Waals surface area (Å²) in [7, 11) is 0. The summed E-state index contributed by atoms with van der Waals surface area (Å²) in [5.41, 5.74) is 34.2. The molecule has 0 radical (unpaired) electrons. The quantitative estimate of drug-likeness (QED) is 0.0406. The van der Waals surface area contributed by atoms with Gasteiger partial charge in [0.25, 0.3) is 0 Å². The zero-order valence-electron chi connectivity index (χ0n) is 29.7. The molecule has 2 aromatic heterocycles. The molecule has 12 nitrogen and oxygen atoms in total. The van der Waals surface area contributed by atoms with Gasteiger partial charge in [-0.1, -0.05) is 116 Å². The summed E-state index contributed by atoms with van der Waals surface area (Å²) in [5.74, 6) is 3.31. The standard InChI is InChI=1S/C14H19N5OS.C14H19N5O.2C2H6.CCl2S/c1-7(2)9-4-8(3)10(19-21)5-11(9)20-12-6-17-14(16)18-13(12)15;1-7(2)9-4-8(3)10(15)5-11(9)20-12-6-18-14(17)19-13(12)16;2*1-2;2-1(3)4/h4-7,19,21H,1-3H3,(H4,15,16,17,18);4-7H,15H2,1-3H3,(H4,16,17,18,19);2*1-2H3;. The monoisotopic (exact) mass is 752 g/mol. The second-order valence-corrected chi connectivity index (χ2v) is 12.3. The molecule has 4 aromatic rings. The van der Waals surface area contributed by atoms with Gasteiger partial charge in [-0.2, -0.15) is 9.97 Å². The molecule has 11 N–H and O–H groups in total. The molecule has 0 atom stereocenters. The summed E-state index contributed by atoms with van der Waals surface area (Å²) in [6, 6.07) is 7.75. The van der Waals surface area contributed by atoms with E-state index in [4.69, 9.17) is 61.3 Å². The molecule has 0 saturated heterocycles. The third kappa shape index (κ3) is 15.0. The third-order valence-electron chi connectivity index (χ3n) is 6.16. The highest BCUT2D eigenvalue weighted by molar-refractivity contribution is 7.86. The molecule has 49 heavy (non-hydrogen) atoms. The van der Waals surface area contributed by atoms with E-state index in [2.05, 4.69) is 83.5 Å². The Labute approximate surface area is 311 Å². The average Bonchev–Trinajstić information content (AvgIpc) is 3.04. The molecule has 16 heteroatoms. The van der Waals surface area contributed by atoms with Crippen LogP contribution in [0.2, 0.25) is 0 Å². The number of thiocarbonyl (C=S) groups is 1. The molecule has 0 spiro atoms. The number of thiol groups is 1. The van der Waals surface area contributed by atoms with Crippen molar-refractivity contribution >= 4 is 86.9 Å². The Morgan fingerprint density at radius 1 is 0.694 bits per heavy atom. The predicted molar refractivity (Wildman–Crippen MR) is 216 cm³/mol. The number of ether oxygens (including phenoxy) is 2. The van der Waals surface area contributed by atoms with Gasteiger partial charge in [-0.3, -0.25) is 0 Å². The van der Waals surface area contributed by atoms with E-state index in [1.165, 1.54) is 12.4 Å². The Morgan fingerprint density at radius 3 is 1.41 bits per heavy atom. The maximum atomic E-state index is 5.94. The number of aromatic nitrogens is 4. The number of hydrogen-bond donors (Lipinski definition) is 7. The zero-order chi connectivity index (χ0) is 38.0. The summed E-state index contributed by atoms with van der Waals surface area (Å²) < 4.78 is 14.5. The minimum Gasteiger partial charge on any atom is -0.451 e. The minimum absolute atomic E-state index is 0.0556. The Morgan fingerprint density at radius 2 is 1.06 bits per heavy atom. The van der Waals surface area contributed by atoms with Gasteiger partial charge >= 0.3 is 0 Å². The molecule has 2 heterocycles. The smallest absolute Gasteiger partial charge is 0.222 e. The van der Waals surface area contributed by atoms with Crippen molar-refractivity contribution in [1.29, 1.82) is 0 Å². The molecule has 0 aliphatic heterocycles. The van der Waals surface area contributed by atoms with Crippen molar-refractivity contribution in [2.45, 2.75) is 81.1 Å². The Balaban J connectivity index is 0.000000777.